The lowest BCUT2D eigenvalue weighted by molar-refractivity contribution is 0.0733. The molecule has 0 saturated carbocycles. The van der Waals surface area contributed by atoms with Crippen molar-refractivity contribution in [2.24, 2.45) is 0 Å². The number of carbonyl (C=O) groups excluding carboxylic acids is 1. The van der Waals surface area contributed by atoms with Gasteiger partial charge in [0.1, 0.15) is 17.6 Å². The number of hydrogen-bond acceptors (Lipinski definition) is 4. The highest BCUT2D eigenvalue weighted by Crippen LogP contribution is 2.30. The molecule has 6 heteroatoms. The molecular weight excluding hydrogens is 471 g/mol. The molecule has 4 nitrogen and oxygen atoms in total. The Balaban J connectivity index is 1.75. The number of rotatable bonds is 8. The van der Waals surface area contributed by atoms with Crippen molar-refractivity contribution in [3.05, 3.63) is 98.3 Å². The van der Waals surface area contributed by atoms with Gasteiger partial charge in [0.25, 0.3) is 0 Å². The molecule has 3 aromatic carbocycles. The Bertz CT molecular complexity index is 1370. The molecule has 0 unspecified atom stereocenters. The quantitative estimate of drug-likeness (QED) is 0.141. The molecule has 0 aliphatic heterocycles. The van der Waals surface area contributed by atoms with Gasteiger partial charge in [0, 0.05) is 11.1 Å². The standard InChI is InChI=1S/C28H24Cl2O4/c1-2-3-4-5-8-19-15-22-26(16-25(19)34-28(32)21-9-6-7-10-24(21)30)33-17-23(27(22)31)18-11-13-20(29)14-12-18/h6-7,9-17H,2-5,8H2,1H3. The minimum absolute atomic E-state index is 0.151. The summed E-state index contributed by atoms with van der Waals surface area (Å²) in [6.45, 7) is 2.15. The third-order valence-electron chi connectivity index (χ3n) is 5.71. The fraction of sp³-hybridized carbons (Fsp3) is 0.214. The number of benzene rings is 3. The van der Waals surface area contributed by atoms with Crippen molar-refractivity contribution in [2.45, 2.75) is 39.0 Å². The van der Waals surface area contributed by atoms with Crippen molar-refractivity contribution in [1.29, 1.82) is 0 Å². The summed E-state index contributed by atoms with van der Waals surface area (Å²) in [7, 11) is 0. The van der Waals surface area contributed by atoms with E-state index in [1.54, 1.807) is 60.7 Å². The number of hydrogen-bond donors (Lipinski definition) is 0. The maximum Gasteiger partial charge on any atom is 0.345 e. The molecule has 0 N–H and O–H groups in total. The highest BCUT2D eigenvalue weighted by Gasteiger charge is 2.18. The molecule has 0 atom stereocenters. The second-order valence-corrected chi connectivity index (χ2v) is 8.97. The Hall–Kier alpha value is -3.08. The van der Waals surface area contributed by atoms with Crippen LogP contribution in [0.25, 0.3) is 22.1 Å². The molecule has 0 radical (unpaired) electrons. The third kappa shape index (κ3) is 5.35. The van der Waals surface area contributed by atoms with Gasteiger partial charge in [0.15, 0.2) is 0 Å². The predicted molar refractivity (Wildman–Crippen MR) is 137 cm³/mol. The van der Waals surface area contributed by atoms with Gasteiger partial charge in [-0.15, -0.1) is 0 Å². The summed E-state index contributed by atoms with van der Waals surface area (Å²) in [6, 6.07) is 17.2. The molecule has 0 bridgehead atoms. The first-order valence-electron chi connectivity index (χ1n) is 11.3. The van der Waals surface area contributed by atoms with Crippen molar-refractivity contribution < 1.29 is 13.9 Å². The average Bonchev–Trinajstić information content (AvgIpc) is 2.83. The Kier molecular flexibility index (Phi) is 7.71. The van der Waals surface area contributed by atoms with Gasteiger partial charge in [-0.1, -0.05) is 73.7 Å². The van der Waals surface area contributed by atoms with Crippen LogP contribution >= 0.6 is 23.2 Å². The van der Waals surface area contributed by atoms with Crippen LogP contribution in [0.1, 0.15) is 48.5 Å². The van der Waals surface area contributed by atoms with E-state index in [1.165, 1.54) is 6.26 Å². The number of aryl methyl sites for hydroxylation is 1. The second-order valence-electron chi connectivity index (χ2n) is 8.12. The van der Waals surface area contributed by atoms with Crippen molar-refractivity contribution >= 4 is 40.1 Å². The van der Waals surface area contributed by atoms with Crippen LogP contribution in [0, 0.1) is 0 Å². The van der Waals surface area contributed by atoms with E-state index in [0.717, 1.165) is 36.8 Å². The van der Waals surface area contributed by atoms with E-state index >= 15 is 0 Å². The smallest absolute Gasteiger partial charge is 0.345 e. The van der Waals surface area contributed by atoms with Gasteiger partial charge < -0.3 is 9.15 Å². The van der Waals surface area contributed by atoms with Crippen LogP contribution in [-0.2, 0) is 6.42 Å². The monoisotopic (exact) mass is 494 g/mol. The van der Waals surface area contributed by atoms with Gasteiger partial charge in [-0.2, -0.15) is 0 Å². The zero-order valence-electron chi connectivity index (χ0n) is 18.8. The Morgan fingerprint density at radius 2 is 1.74 bits per heavy atom. The van der Waals surface area contributed by atoms with E-state index in [0.29, 0.717) is 38.7 Å². The largest absolute Gasteiger partial charge is 0.463 e. The molecule has 4 rings (SSSR count). The zero-order chi connectivity index (χ0) is 24.1. The molecule has 0 fully saturated rings. The molecule has 1 aromatic heterocycles. The SMILES string of the molecule is CCCCCCc1cc2c(=O)c(-c3ccc(Cl)cc3)coc2cc1OC(=O)c1ccccc1Cl. The normalized spacial score (nSPS) is 11.0. The summed E-state index contributed by atoms with van der Waals surface area (Å²) in [6.07, 6.45) is 6.29. The van der Waals surface area contributed by atoms with Crippen LogP contribution in [0.15, 0.2) is 76.1 Å². The Morgan fingerprint density at radius 3 is 2.47 bits per heavy atom. The minimum atomic E-state index is -0.556. The summed E-state index contributed by atoms with van der Waals surface area (Å²) in [5.74, 6) is -0.184. The first-order valence-corrected chi connectivity index (χ1v) is 12.0. The molecule has 0 amide bonds. The molecule has 174 valence electrons. The van der Waals surface area contributed by atoms with Gasteiger partial charge in [0.05, 0.1) is 21.5 Å². The molecule has 0 spiro atoms. The van der Waals surface area contributed by atoms with Crippen molar-refractivity contribution in [3.8, 4) is 16.9 Å². The van der Waals surface area contributed by atoms with E-state index in [1.807, 2.05) is 0 Å². The molecule has 1 heterocycles. The Labute approximate surface area is 208 Å². The van der Waals surface area contributed by atoms with Crippen molar-refractivity contribution in [2.75, 3.05) is 0 Å². The van der Waals surface area contributed by atoms with E-state index in [9.17, 15) is 9.59 Å². The van der Waals surface area contributed by atoms with Crippen LogP contribution in [-0.4, -0.2) is 5.97 Å². The molecule has 0 saturated heterocycles. The lowest BCUT2D eigenvalue weighted by atomic mass is 10.0. The highest BCUT2D eigenvalue weighted by molar-refractivity contribution is 6.33. The van der Waals surface area contributed by atoms with Crippen molar-refractivity contribution in [3.63, 3.8) is 0 Å². The second kappa shape index (κ2) is 10.9. The number of fused-ring (bicyclic) bond motifs is 1. The van der Waals surface area contributed by atoms with E-state index in [-0.39, 0.29) is 11.0 Å². The molecule has 34 heavy (non-hydrogen) atoms. The van der Waals surface area contributed by atoms with Gasteiger partial charge in [-0.3, -0.25) is 4.79 Å². The maximum atomic E-state index is 13.3. The minimum Gasteiger partial charge on any atom is -0.463 e. The van der Waals surface area contributed by atoms with Crippen LogP contribution in [0.3, 0.4) is 0 Å². The third-order valence-corrected chi connectivity index (χ3v) is 6.29. The van der Waals surface area contributed by atoms with Gasteiger partial charge in [-0.25, -0.2) is 4.79 Å². The lowest BCUT2D eigenvalue weighted by Gasteiger charge is -2.13. The van der Waals surface area contributed by atoms with Crippen LogP contribution in [0.2, 0.25) is 10.0 Å². The summed E-state index contributed by atoms with van der Waals surface area (Å²) in [5, 5.41) is 1.35. The number of halogens is 2. The first kappa shape index (κ1) is 24.1. The number of unbranched alkanes of at least 4 members (excludes halogenated alkanes) is 3. The summed E-state index contributed by atoms with van der Waals surface area (Å²) < 4.78 is 11.6. The summed E-state index contributed by atoms with van der Waals surface area (Å²) in [4.78, 5) is 26.1. The maximum absolute atomic E-state index is 13.3. The number of esters is 1. The van der Waals surface area contributed by atoms with Gasteiger partial charge in [0.2, 0.25) is 5.43 Å². The average molecular weight is 495 g/mol. The van der Waals surface area contributed by atoms with E-state index in [4.69, 9.17) is 32.4 Å². The zero-order valence-corrected chi connectivity index (χ0v) is 20.3. The topological polar surface area (TPSA) is 56.5 Å². The molecule has 0 aliphatic carbocycles. The van der Waals surface area contributed by atoms with Gasteiger partial charge in [-0.05, 0) is 54.3 Å². The van der Waals surface area contributed by atoms with E-state index < -0.39 is 5.97 Å². The number of ether oxygens (including phenoxy) is 1. The Morgan fingerprint density at radius 1 is 0.971 bits per heavy atom. The molecular formula is C28H24Cl2O4. The summed E-state index contributed by atoms with van der Waals surface area (Å²) in [5.41, 5.74) is 2.43. The highest BCUT2D eigenvalue weighted by atomic mass is 35.5. The van der Waals surface area contributed by atoms with Crippen molar-refractivity contribution in [1.82, 2.24) is 0 Å². The fourth-order valence-corrected chi connectivity index (χ4v) is 4.18. The molecule has 0 aliphatic rings. The lowest BCUT2D eigenvalue weighted by Crippen LogP contribution is -2.12. The fourth-order valence-electron chi connectivity index (χ4n) is 3.84. The summed E-state index contributed by atoms with van der Waals surface area (Å²) >= 11 is 12.2. The van der Waals surface area contributed by atoms with Crippen LogP contribution in [0.5, 0.6) is 5.75 Å². The predicted octanol–water partition coefficient (Wildman–Crippen LogP) is 8.11. The first-order chi connectivity index (χ1) is 16.5. The molecule has 4 aromatic rings. The van der Waals surface area contributed by atoms with Crippen LogP contribution < -0.4 is 10.2 Å². The van der Waals surface area contributed by atoms with Gasteiger partial charge >= 0.3 is 5.97 Å². The van der Waals surface area contributed by atoms with Crippen LogP contribution in [0.4, 0.5) is 0 Å². The number of carbonyl (C=O) groups is 1. The van der Waals surface area contributed by atoms with E-state index in [2.05, 4.69) is 6.92 Å².